The minimum Gasteiger partial charge on any atom is -0.508 e. The van der Waals surface area contributed by atoms with Gasteiger partial charge in [-0.15, -0.1) is 11.6 Å². The van der Waals surface area contributed by atoms with Crippen LogP contribution in [0.4, 0.5) is 4.39 Å². The lowest BCUT2D eigenvalue weighted by molar-refractivity contribution is 0.0931. The van der Waals surface area contributed by atoms with Crippen LogP contribution in [0.25, 0.3) is 0 Å². The van der Waals surface area contributed by atoms with Crippen molar-refractivity contribution in [3.05, 3.63) is 29.6 Å². The molecule has 0 aliphatic heterocycles. The van der Waals surface area contributed by atoms with Crippen molar-refractivity contribution in [1.29, 1.82) is 0 Å². The summed E-state index contributed by atoms with van der Waals surface area (Å²) in [4.78, 5) is 11.8. The topological polar surface area (TPSA) is 49.3 Å². The van der Waals surface area contributed by atoms with Crippen molar-refractivity contribution in [3.63, 3.8) is 0 Å². The van der Waals surface area contributed by atoms with Gasteiger partial charge in [0.05, 0.1) is 5.56 Å². The van der Waals surface area contributed by atoms with Crippen molar-refractivity contribution in [2.24, 2.45) is 5.41 Å². The van der Waals surface area contributed by atoms with Crippen molar-refractivity contribution in [2.45, 2.75) is 20.3 Å². The lowest BCUT2D eigenvalue weighted by Gasteiger charge is -2.23. The molecule has 0 unspecified atom stereocenters. The fourth-order valence-corrected chi connectivity index (χ4v) is 1.96. The number of amides is 1. The van der Waals surface area contributed by atoms with Crippen molar-refractivity contribution in [1.82, 2.24) is 5.32 Å². The Morgan fingerprint density at radius 1 is 1.50 bits per heavy atom. The third kappa shape index (κ3) is 4.18. The highest BCUT2D eigenvalue weighted by atomic mass is 35.5. The van der Waals surface area contributed by atoms with E-state index in [4.69, 9.17) is 16.7 Å². The summed E-state index contributed by atoms with van der Waals surface area (Å²) in [5, 5.41) is 11.7. The zero-order chi connectivity index (χ0) is 13.8. The molecule has 1 aromatic carbocycles. The Morgan fingerprint density at radius 3 is 2.72 bits per heavy atom. The van der Waals surface area contributed by atoms with Crippen molar-refractivity contribution in [2.75, 3.05) is 12.4 Å². The fourth-order valence-electron chi connectivity index (χ4n) is 1.45. The molecule has 1 aromatic rings. The molecule has 0 bridgehead atoms. The first kappa shape index (κ1) is 14.8. The molecule has 0 saturated heterocycles. The zero-order valence-corrected chi connectivity index (χ0v) is 11.2. The average molecular weight is 274 g/mol. The van der Waals surface area contributed by atoms with E-state index >= 15 is 0 Å². The number of aromatic hydroxyl groups is 1. The van der Waals surface area contributed by atoms with Crippen LogP contribution < -0.4 is 5.32 Å². The first-order valence-electron chi connectivity index (χ1n) is 5.68. The molecule has 0 saturated carbocycles. The number of alkyl halides is 1. The summed E-state index contributed by atoms with van der Waals surface area (Å²) >= 11 is 5.66. The molecule has 0 radical (unpaired) electrons. The Balaban J connectivity index is 2.66. The van der Waals surface area contributed by atoms with E-state index in [0.717, 1.165) is 12.5 Å². The minimum absolute atomic E-state index is 0.0746. The summed E-state index contributed by atoms with van der Waals surface area (Å²) in [6, 6.07) is 3.45. The summed E-state index contributed by atoms with van der Waals surface area (Å²) in [6.45, 7) is 4.37. The van der Waals surface area contributed by atoms with Gasteiger partial charge in [0.15, 0.2) is 0 Å². The summed E-state index contributed by atoms with van der Waals surface area (Å²) in [5.41, 5.74) is -0.209. The number of halogens is 2. The lowest BCUT2D eigenvalue weighted by Crippen LogP contribution is -2.34. The lowest BCUT2D eigenvalue weighted by atomic mass is 9.90. The van der Waals surface area contributed by atoms with Gasteiger partial charge in [-0.1, -0.05) is 13.8 Å². The molecule has 100 valence electrons. The zero-order valence-electron chi connectivity index (χ0n) is 10.5. The highest BCUT2D eigenvalue weighted by Gasteiger charge is 2.19. The Kier molecular flexibility index (Phi) is 4.96. The van der Waals surface area contributed by atoms with E-state index in [1.807, 2.05) is 13.8 Å². The van der Waals surface area contributed by atoms with Crippen LogP contribution in [0.3, 0.4) is 0 Å². The molecular formula is C13H17ClFNO2. The number of carbonyl (C=O) groups is 1. The molecule has 2 N–H and O–H groups in total. The van der Waals surface area contributed by atoms with E-state index in [0.29, 0.717) is 12.4 Å². The van der Waals surface area contributed by atoms with Gasteiger partial charge >= 0.3 is 0 Å². The second kappa shape index (κ2) is 6.05. The van der Waals surface area contributed by atoms with Crippen LogP contribution in [0.1, 0.15) is 30.6 Å². The van der Waals surface area contributed by atoms with Gasteiger partial charge < -0.3 is 10.4 Å². The number of carbonyl (C=O) groups excluding carboxylic acids is 1. The summed E-state index contributed by atoms with van der Waals surface area (Å²) < 4.78 is 13.4. The van der Waals surface area contributed by atoms with Gasteiger partial charge in [-0.2, -0.15) is 0 Å². The molecule has 0 aliphatic carbocycles. The Bertz CT molecular complexity index is 435. The van der Waals surface area contributed by atoms with Crippen LogP contribution in [0.2, 0.25) is 0 Å². The molecule has 3 nitrogen and oxygen atoms in total. The molecule has 0 heterocycles. The third-order valence-corrected chi connectivity index (χ3v) is 2.89. The minimum atomic E-state index is -0.734. The van der Waals surface area contributed by atoms with E-state index in [-0.39, 0.29) is 16.7 Å². The van der Waals surface area contributed by atoms with Gasteiger partial charge in [0.25, 0.3) is 5.91 Å². The predicted molar refractivity (Wildman–Crippen MR) is 69.5 cm³/mol. The van der Waals surface area contributed by atoms with Gasteiger partial charge in [0.1, 0.15) is 11.6 Å². The van der Waals surface area contributed by atoms with E-state index in [1.165, 1.54) is 12.1 Å². The molecule has 0 atom stereocenters. The molecule has 0 aliphatic rings. The van der Waals surface area contributed by atoms with Crippen LogP contribution in [0, 0.1) is 11.2 Å². The number of phenols is 1. The second-order valence-electron chi connectivity index (χ2n) is 4.95. The molecule has 18 heavy (non-hydrogen) atoms. The number of benzene rings is 1. The Labute approximate surface area is 111 Å². The molecule has 1 amide bonds. The summed E-state index contributed by atoms with van der Waals surface area (Å²) in [6.07, 6.45) is 0.757. The Hall–Kier alpha value is -1.29. The summed E-state index contributed by atoms with van der Waals surface area (Å²) in [7, 11) is 0. The molecule has 0 aromatic heterocycles. The first-order valence-corrected chi connectivity index (χ1v) is 6.22. The number of rotatable bonds is 5. The molecule has 0 spiro atoms. The number of hydrogen-bond acceptors (Lipinski definition) is 2. The molecule has 5 heteroatoms. The number of nitrogens with one attached hydrogen (secondary N) is 1. The van der Waals surface area contributed by atoms with Gasteiger partial charge in [0, 0.05) is 18.5 Å². The Morgan fingerprint density at radius 2 is 2.17 bits per heavy atom. The van der Waals surface area contributed by atoms with Gasteiger partial charge in [-0.25, -0.2) is 4.39 Å². The fraction of sp³-hybridized carbons (Fsp3) is 0.462. The van der Waals surface area contributed by atoms with E-state index in [1.54, 1.807) is 0 Å². The molecular weight excluding hydrogens is 257 g/mol. The van der Waals surface area contributed by atoms with Crippen molar-refractivity contribution < 1.29 is 14.3 Å². The van der Waals surface area contributed by atoms with Crippen LogP contribution in [0.5, 0.6) is 5.75 Å². The van der Waals surface area contributed by atoms with Gasteiger partial charge in [0.2, 0.25) is 0 Å². The third-order valence-electron chi connectivity index (χ3n) is 2.70. The van der Waals surface area contributed by atoms with Crippen molar-refractivity contribution >= 4 is 17.5 Å². The maximum Gasteiger partial charge on any atom is 0.254 e. The van der Waals surface area contributed by atoms with Crippen molar-refractivity contribution in [3.8, 4) is 5.75 Å². The quantitative estimate of drug-likeness (QED) is 0.811. The van der Waals surface area contributed by atoms with Crippen LogP contribution in [-0.4, -0.2) is 23.4 Å². The largest absolute Gasteiger partial charge is 0.508 e. The normalized spacial score (nSPS) is 11.3. The highest BCUT2D eigenvalue weighted by molar-refractivity contribution is 6.17. The number of hydrogen-bond donors (Lipinski definition) is 2. The van der Waals surface area contributed by atoms with Crippen LogP contribution in [-0.2, 0) is 0 Å². The second-order valence-corrected chi connectivity index (χ2v) is 5.33. The SMILES string of the molecule is CC(C)(CCCl)CNC(=O)c1ccc(O)cc1F. The van der Waals surface area contributed by atoms with E-state index in [9.17, 15) is 9.18 Å². The molecule has 0 fully saturated rings. The summed E-state index contributed by atoms with van der Waals surface area (Å²) in [5.74, 6) is -0.916. The average Bonchev–Trinajstić information content (AvgIpc) is 2.26. The first-order chi connectivity index (χ1) is 8.35. The number of phenolic OH excluding ortho intramolecular Hbond substituents is 1. The standard InChI is InChI=1S/C13H17ClFNO2/c1-13(2,5-6-14)8-16-12(18)10-4-3-9(17)7-11(10)15/h3-4,7,17H,5-6,8H2,1-2H3,(H,16,18). The van der Waals surface area contributed by atoms with E-state index in [2.05, 4.69) is 5.32 Å². The maximum atomic E-state index is 13.4. The van der Waals surface area contributed by atoms with Crippen LogP contribution >= 0.6 is 11.6 Å². The monoisotopic (exact) mass is 273 g/mol. The smallest absolute Gasteiger partial charge is 0.254 e. The van der Waals surface area contributed by atoms with Gasteiger partial charge in [-0.3, -0.25) is 4.79 Å². The predicted octanol–water partition coefficient (Wildman–Crippen LogP) is 2.92. The maximum absolute atomic E-state index is 13.4. The van der Waals surface area contributed by atoms with Crippen LogP contribution in [0.15, 0.2) is 18.2 Å². The van der Waals surface area contributed by atoms with E-state index < -0.39 is 11.7 Å². The molecule has 1 rings (SSSR count). The van der Waals surface area contributed by atoms with Gasteiger partial charge in [-0.05, 0) is 24.0 Å². The highest BCUT2D eigenvalue weighted by Crippen LogP contribution is 2.20.